The number of carbonyl (C=O) groups is 1. The predicted octanol–water partition coefficient (Wildman–Crippen LogP) is 4.32. The molecular formula is C17H17Cl3N2O3S2. The second kappa shape index (κ2) is 9.89. The van der Waals surface area contributed by atoms with Gasteiger partial charge in [-0.1, -0.05) is 34.8 Å². The number of carbonyl (C=O) groups excluding carboxylic acids is 1. The number of thioether (sulfide) groups is 1. The van der Waals surface area contributed by atoms with E-state index in [1.165, 1.54) is 18.2 Å². The number of benzene rings is 2. The monoisotopic (exact) mass is 466 g/mol. The molecule has 1 amide bonds. The zero-order valence-corrected chi connectivity index (χ0v) is 18.2. The number of nitrogens with zero attached hydrogens (tertiary/aromatic N) is 1. The van der Waals surface area contributed by atoms with E-state index in [1.54, 1.807) is 23.9 Å². The summed E-state index contributed by atoms with van der Waals surface area (Å²) in [6.45, 7) is 0.0177. The first kappa shape index (κ1) is 22.2. The molecule has 0 fully saturated rings. The largest absolute Gasteiger partial charge is 0.354 e. The van der Waals surface area contributed by atoms with Crippen LogP contribution in [0.1, 0.15) is 0 Å². The highest BCUT2D eigenvalue weighted by molar-refractivity contribution is 7.99. The molecule has 0 atom stereocenters. The van der Waals surface area contributed by atoms with Crippen LogP contribution < -0.4 is 9.62 Å². The summed E-state index contributed by atoms with van der Waals surface area (Å²) in [4.78, 5) is 13.2. The van der Waals surface area contributed by atoms with Gasteiger partial charge in [-0.2, -0.15) is 0 Å². The molecule has 0 saturated heterocycles. The lowest BCUT2D eigenvalue weighted by Gasteiger charge is -2.23. The van der Waals surface area contributed by atoms with Gasteiger partial charge in [-0.05, 0) is 42.5 Å². The molecule has 0 unspecified atom stereocenters. The summed E-state index contributed by atoms with van der Waals surface area (Å²) in [5.74, 6) is 0.205. The molecule has 0 saturated carbocycles. The van der Waals surface area contributed by atoms with Crippen molar-refractivity contribution in [2.75, 3.05) is 29.4 Å². The van der Waals surface area contributed by atoms with E-state index in [1.807, 2.05) is 12.1 Å². The van der Waals surface area contributed by atoms with Crippen molar-refractivity contribution in [1.29, 1.82) is 0 Å². The van der Waals surface area contributed by atoms with Crippen molar-refractivity contribution in [2.24, 2.45) is 0 Å². The highest BCUT2D eigenvalue weighted by atomic mass is 35.5. The van der Waals surface area contributed by atoms with Crippen molar-refractivity contribution in [3.8, 4) is 0 Å². The molecule has 1 N–H and O–H groups in total. The number of halogens is 3. The molecule has 5 nitrogen and oxygen atoms in total. The summed E-state index contributed by atoms with van der Waals surface area (Å²) in [6.07, 6.45) is 1.02. The van der Waals surface area contributed by atoms with E-state index < -0.39 is 15.9 Å². The predicted molar refractivity (Wildman–Crippen MR) is 114 cm³/mol. The Balaban J connectivity index is 1.93. The first-order valence-corrected chi connectivity index (χ1v) is 11.7. The van der Waals surface area contributed by atoms with Gasteiger partial charge in [-0.25, -0.2) is 8.42 Å². The number of nitrogens with one attached hydrogen (secondary N) is 1. The smallest absolute Gasteiger partial charge is 0.240 e. The summed E-state index contributed by atoms with van der Waals surface area (Å²) in [6, 6.07) is 11.8. The third kappa shape index (κ3) is 7.08. The second-order valence-electron chi connectivity index (χ2n) is 5.52. The molecule has 0 aliphatic rings. The van der Waals surface area contributed by atoms with Crippen molar-refractivity contribution in [2.45, 2.75) is 4.90 Å². The molecule has 2 rings (SSSR count). The Hall–Kier alpha value is -1.12. The number of sulfonamides is 1. The van der Waals surface area contributed by atoms with Gasteiger partial charge in [0.05, 0.1) is 17.0 Å². The zero-order chi connectivity index (χ0) is 20.0. The fourth-order valence-electron chi connectivity index (χ4n) is 2.14. The van der Waals surface area contributed by atoms with Gasteiger partial charge in [0.1, 0.15) is 6.54 Å². The summed E-state index contributed by atoms with van der Waals surface area (Å²) >= 11 is 19.3. The van der Waals surface area contributed by atoms with Crippen LogP contribution in [0.5, 0.6) is 0 Å². The molecule has 2 aromatic rings. The van der Waals surface area contributed by atoms with Gasteiger partial charge in [0.25, 0.3) is 0 Å². The fraction of sp³-hybridized carbons (Fsp3) is 0.235. The number of anilines is 1. The van der Waals surface area contributed by atoms with E-state index in [9.17, 15) is 13.2 Å². The van der Waals surface area contributed by atoms with E-state index in [2.05, 4.69) is 5.32 Å². The average molecular weight is 468 g/mol. The standard InChI is InChI=1S/C17H17Cl3N2O3S2/c1-27(24,25)22(16-7-4-13(19)10-15(16)20)11-17(23)21-8-9-26-14-5-2-12(18)3-6-14/h2-7,10H,8-9,11H2,1H3,(H,21,23). The summed E-state index contributed by atoms with van der Waals surface area (Å²) < 4.78 is 25.1. The lowest BCUT2D eigenvalue weighted by Crippen LogP contribution is -2.41. The van der Waals surface area contributed by atoms with E-state index in [0.717, 1.165) is 15.5 Å². The maximum atomic E-state index is 12.2. The van der Waals surface area contributed by atoms with Crippen LogP contribution in [0.2, 0.25) is 15.1 Å². The third-order valence-corrected chi connectivity index (χ3v) is 6.30. The summed E-state index contributed by atoms with van der Waals surface area (Å²) in [5.41, 5.74) is 0.203. The minimum Gasteiger partial charge on any atom is -0.354 e. The van der Waals surface area contributed by atoms with Gasteiger partial charge in [-0.3, -0.25) is 9.10 Å². The Bertz CT molecular complexity index is 906. The van der Waals surface area contributed by atoms with Crippen LogP contribution in [-0.2, 0) is 14.8 Å². The Morgan fingerprint density at radius 2 is 1.70 bits per heavy atom. The molecule has 146 valence electrons. The molecule has 10 heteroatoms. The van der Waals surface area contributed by atoms with Gasteiger partial charge in [-0.15, -0.1) is 11.8 Å². The Morgan fingerprint density at radius 3 is 2.30 bits per heavy atom. The van der Waals surface area contributed by atoms with Crippen LogP contribution >= 0.6 is 46.6 Å². The molecule has 0 aliphatic heterocycles. The number of hydrogen-bond acceptors (Lipinski definition) is 4. The summed E-state index contributed by atoms with van der Waals surface area (Å²) in [7, 11) is -3.70. The second-order valence-corrected chi connectivity index (χ2v) is 9.87. The van der Waals surface area contributed by atoms with Gasteiger partial charge in [0.15, 0.2) is 0 Å². The first-order valence-electron chi connectivity index (χ1n) is 7.74. The maximum absolute atomic E-state index is 12.2. The highest BCUT2D eigenvalue weighted by Crippen LogP contribution is 2.30. The minimum atomic E-state index is -3.70. The van der Waals surface area contributed by atoms with Gasteiger partial charge >= 0.3 is 0 Å². The van der Waals surface area contributed by atoms with Gasteiger partial charge < -0.3 is 5.32 Å². The molecule has 0 heterocycles. The van der Waals surface area contributed by atoms with Gasteiger partial charge in [0, 0.05) is 27.2 Å². The summed E-state index contributed by atoms with van der Waals surface area (Å²) in [5, 5.41) is 3.90. The maximum Gasteiger partial charge on any atom is 0.240 e. The molecular weight excluding hydrogens is 451 g/mol. The van der Waals surface area contributed by atoms with Crippen LogP contribution in [0.25, 0.3) is 0 Å². The molecule has 0 spiro atoms. The number of hydrogen-bond donors (Lipinski definition) is 1. The molecule has 0 aromatic heterocycles. The third-order valence-electron chi connectivity index (χ3n) is 3.37. The van der Waals surface area contributed by atoms with Crippen LogP contribution in [0.4, 0.5) is 5.69 Å². The van der Waals surface area contributed by atoms with Crippen molar-refractivity contribution < 1.29 is 13.2 Å². The van der Waals surface area contributed by atoms with E-state index in [0.29, 0.717) is 22.3 Å². The van der Waals surface area contributed by atoms with Crippen LogP contribution in [0, 0.1) is 0 Å². The van der Waals surface area contributed by atoms with Gasteiger partial charge in [0.2, 0.25) is 15.9 Å². The van der Waals surface area contributed by atoms with Crippen LogP contribution in [-0.4, -0.2) is 39.4 Å². The molecule has 27 heavy (non-hydrogen) atoms. The Morgan fingerprint density at radius 1 is 1.07 bits per heavy atom. The minimum absolute atomic E-state index is 0.152. The first-order chi connectivity index (χ1) is 12.7. The van der Waals surface area contributed by atoms with Crippen molar-refractivity contribution in [3.63, 3.8) is 0 Å². The van der Waals surface area contributed by atoms with Crippen molar-refractivity contribution >= 4 is 68.2 Å². The van der Waals surface area contributed by atoms with Crippen molar-refractivity contribution in [1.82, 2.24) is 5.32 Å². The highest BCUT2D eigenvalue weighted by Gasteiger charge is 2.23. The quantitative estimate of drug-likeness (QED) is 0.464. The fourth-order valence-corrected chi connectivity index (χ4v) is 4.46. The molecule has 0 aliphatic carbocycles. The van der Waals surface area contributed by atoms with Crippen molar-refractivity contribution in [3.05, 3.63) is 57.5 Å². The molecule has 2 aromatic carbocycles. The molecule has 0 bridgehead atoms. The van der Waals surface area contributed by atoms with E-state index >= 15 is 0 Å². The van der Waals surface area contributed by atoms with Crippen LogP contribution in [0.15, 0.2) is 47.4 Å². The molecule has 0 radical (unpaired) electrons. The topological polar surface area (TPSA) is 66.5 Å². The Labute approximate surface area is 178 Å². The average Bonchev–Trinajstić information content (AvgIpc) is 2.58. The normalized spacial score (nSPS) is 11.3. The SMILES string of the molecule is CS(=O)(=O)N(CC(=O)NCCSc1ccc(Cl)cc1)c1ccc(Cl)cc1Cl. The number of amides is 1. The lowest BCUT2D eigenvalue weighted by atomic mass is 10.3. The number of rotatable bonds is 8. The van der Waals surface area contributed by atoms with E-state index in [-0.39, 0.29) is 17.3 Å². The Kier molecular flexibility index (Phi) is 8.12. The van der Waals surface area contributed by atoms with Crippen LogP contribution in [0.3, 0.4) is 0 Å². The van der Waals surface area contributed by atoms with E-state index in [4.69, 9.17) is 34.8 Å². The lowest BCUT2D eigenvalue weighted by molar-refractivity contribution is -0.119. The zero-order valence-electron chi connectivity index (χ0n) is 14.3.